The molecule has 1 heterocycles. The fraction of sp³-hybridized carbons (Fsp3) is 0.533. The number of ether oxygens (including phenoxy) is 1. The van der Waals surface area contributed by atoms with Crippen LogP contribution < -0.4 is 5.46 Å². The molecule has 0 spiro atoms. The summed E-state index contributed by atoms with van der Waals surface area (Å²) >= 11 is 0. The lowest BCUT2D eigenvalue weighted by Crippen LogP contribution is -2.37. The van der Waals surface area contributed by atoms with Gasteiger partial charge in [-0.3, -0.25) is 0 Å². The smallest absolute Gasteiger partial charge is 0.444 e. The number of rotatable bonds is 1. The van der Waals surface area contributed by atoms with Crippen LogP contribution in [0.2, 0.25) is 0 Å². The van der Waals surface area contributed by atoms with Crippen LogP contribution in [0.15, 0.2) is 18.2 Å². The van der Waals surface area contributed by atoms with E-state index in [9.17, 15) is 14.8 Å². The molecule has 21 heavy (non-hydrogen) atoms. The summed E-state index contributed by atoms with van der Waals surface area (Å²) in [5, 5.41) is 18.5. The standard InChI is InChI=1S/C15H22BNO4/c1-15(2,3)21-14(18)17-8-4-5-11-6-7-13(16(19)20)9-12(11)10-17/h6-7,9,19-20H,4-5,8,10H2,1-3H3. The Labute approximate surface area is 125 Å². The van der Waals surface area contributed by atoms with E-state index in [2.05, 4.69) is 0 Å². The zero-order valence-corrected chi connectivity index (χ0v) is 12.8. The van der Waals surface area contributed by atoms with Crippen LogP contribution in [0.1, 0.15) is 38.3 Å². The van der Waals surface area contributed by atoms with Gasteiger partial charge in [0.1, 0.15) is 5.60 Å². The van der Waals surface area contributed by atoms with E-state index in [4.69, 9.17) is 4.74 Å². The summed E-state index contributed by atoms with van der Waals surface area (Å²) in [5.74, 6) is 0. The molecular weight excluding hydrogens is 269 g/mol. The largest absolute Gasteiger partial charge is 0.488 e. The Morgan fingerprint density at radius 3 is 2.62 bits per heavy atom. The van der Waals surface area contributed by atoms with Crippen molar-refractivity contribution >= 4 is 18.7 Å². The van der Waals surface area contributed by atoms with Gasteiger partial charge in [0.15, 0.2) is 0 Å². The molecule has 1 aromatic carbocycles. The highest BCUT2D eigenvalue weighted by molar-refractivity contribution is 6.58. The van der Waals surface area contributed by atoms with Crippen LogP contribution in [0.3, 0.4) is 0 Å². The minimum absolute atomic E-state index is 0.328. The highest BCUT2D eigenvalue weighted by atomic mass is 16.6. The molecule has 0 atom stereocenters. The summed E-state index contributed by atoms with van der Waals surface area (Å²) < 4.78 is 5.41. The number of hydrogen-bond donors (Lipinski definition) is 2. The van der Waals surface area contributed by atoms with Crippen LogP contribution in [-0.4, -0.2) is 40.3 Å². The van der Waals surface area contributed by atoms with E-state index < -0.39 is 12.7 Å². The molecule has 0 aromatic heterocycles. The van der Waals surface area contributed by atoms with Crippen molar-refractivity contribution < 1.29 is 19.6 Å². The number of benzene rings is 1. The van der Waals surface area contributed by atoms with Gasteiger partial charge in [0.05, 0.1) is 0 Å². The number of fused-ring (bicyclic) bond motifs is 1. The minimum atomic E-state index is -1.49. The number of nitrogens with zero attached hydrogens (tertiary/aromatic N) is 1. The number of carbonyl (C=O) groups is 1. The first kappa shape index (κ1) is 15.9. The highest BCUT2D eigenvalue weighted by Crippen LogP contribution is 2.20. The first-order chi connectivity index (χ1) is 9.76. The molecule has 2 N–H and O–H groups in total. The van der Waals surface area contributed by atoms with Gasteiger partial charge in [-0.15, -0.1) is 0 Å². The molecular formula is C15H22BNO4. The molecule has 0 radical (unpaired) electrons. The van der Waals surface area contributed by atoms with Gasteiger partial charge in [-0.2, -0.15) is 0 Å². The van der Waals surface area contributed by atoms with E-state index in [1.54, 1.807) is 17.0 Å². The molecule has 0 saturated heterocycles. The van der Waals surface area contributed by atoms with Crippen LogP contribution in [0.4, 0.5) is 4.79 Å². The van der Waals surface area contributed by atoms with Crippen molar-refractivity contribution in [3.05, 3.63) is 29.3 Å². The number of carbonyl (C=O) groups excluding carboxylic acids is 1. The molecule has 114 valence electrons. The summed E-state index contributed by atoms with van der Waals surface area (Å²) in [4.78, 5) is 13.9. The summed E-state index contributed by atoms with van der Waals surface area (Å²) in [7, 11) is -1.49. The maximum atomic E-state index is 12.2. The Morgan fingerprint density at radius 1 is 1.29 bits per heavy atom. The Kier molecular flexibility index (Phi) is 4.59. The lowest BCUT2D eigenvalue weighted by molar-refractivity contribution is 0.0237. The van der Waals surface area contributed by atoms with Crippen molar-refractivity contribution in [3.8, 4) is 0 Å². The second-order valence-corrected chi connectivity index (χ2v) is 6.41. The van der Waals surface area contributed by atoms with E-state index >= 15 is 0 Å². The summed E-state index contributed by atoms with van der Waals surface area (Å²) in [5.41, 5.74) is 2.02. The van der Waals surface area contributed by atoms with Gasteiger partial charge in [0.2, 0.25) is 0 Å². The fourth-order valence-corrected chi connectivity index (χ4v) is 2.42. The SMILES string of the molecule is CC(C)(C)OC(=O)N1CCCc2ccc(B(O)O)cc2C1. The first-order valence-electron chi connectivity index (χ1n) is 7.22. The molecule has 0 saturated carbocycles. The van der Waals surface area contributed by atoms with E-state index in [1.165, 1.54) is 0 Å². The van der Waals surface area contributed by atoms with Crippen molar-refractivity contribution in [2.24, 2.45) is 0 Å². The normalized spacial score (nSPS) is 15.2. The second-order valence-electron chi connectivity index (χ2n) is 6.41. The van der Waals surface area contributed by atoms with Crippen molar-refractivity contribution in [2.45, 2.75) is 45.8 Å². The van der Waals surface area contributed by atoms with Crippen molar-refractivity contribution in [2.75, 3.05) is 6.54 Å². The molecule has 1 aliphatic heterocycles. The summed E-state index contributed by atoms with van der Waals surface area (Å²) in [6, 6.07) is 5.37. The predicted octanol–water partition coefficient (Wildman–Crippen LogP) is 1.05. The van der Waals surface area contributed by atoms with Gasteiger partial charge in [0, 0.05) is 13.1 Å². The summed E-state index contributed by atoms with van der Waals surface area (Å²) in [6.45, 7) is 6.61. The number of amides is 1. The molecule has 0 bridgehead atoms. The highest BCUT2D eigenvalue weighted by Gasteiger charge is 2.25. The Balaban J connectivity index is 2.19. The third-order valence-electron chi connectivity index (χ3n) is 3.42. The van der Waals surface area contributed by atoms with Gasteiger partial charge < -0.3 is 19.7 Å². The quantitative estimate of drug-likeness (QED) is 0.759. The number of hydrogen-bond acceptors (Lipinski definition) is 4. The van der Waals surface area contributed by atoms with Gasteiger partial charge in [-0.25, -0.2) is 4.79 Å². The average molecular weight is 291 g/mol. The van der Waals surface area contributed by atoms with Crippen LogP contribution in [-0.2, 0) is 17.7 Å². The van der Waals surface area contributed by atoms with Crippen LogP contribution >= 0.6 is 0 Å². The molecule has 0 aliphatic carbocycles. The Bertz CT molecular complexity index is 525. The lowest BCUT2D eigenvalue weighted by atomic mass is 9.78. The average Bonchev–Trinajstić information content (AvgIpc) is 2.57. The second kappa shape index (κ2) is 6.07. The van der Waals surface area contributed by atoms with Gasteiger partial charge in [-0.05, 0) is 50.2 Å². The van der Waals surface area contributed by atoms with Crippen LogP contribution in [0, 0.1) is 0 Å². The zero-order chi connectivity index (χ0) is 15.6. The van der Waals surface area contributed by atoms with Gasteiger partial charge in [-0.1, -0.05) is 18.2 Å². The molecule has 0 unspecified atom stereocenters. The maximum Gasteiger partial charge on any atom is 0.488 e. The molecule has 1 aliphatic rings. The molecule has 2 rings (SSSR count). The Morgan fingerprint density at radius 2 is 2.00 bits per heavy atom. The molecule has 0 fully saturated rings. The molecule has 1 amide bonds. The van der Waals surface area contributed by atoms with Gasteiger partial charge >= 0.3 is 13.2 Å². The topological polar surface area (TPSA) is 70.0 Å². The minimum Gasteiger partial charge on any atom is -0.444 e. The van der Waals surface area contributed by atoms with Crippen LogP contribution in [0.25, 0.3) is 0 Å². The van der Waals surface area contributed by atoms with Crippen LogP contribution in [0.5, 0.6) is 0 Å². The van der Waals surface area contributed by atoms with Crippen molar-refractivity contribution in [1.82, 2.24) is 4.90 Å². The third-order valence-corrected chi connectivity index (χ3v) is 3.42. The molecule has 6 heteroatoms. The lowest BCUT2D eigenvalue weighted by Gasteiger charge is -2.26. The van der Waals surface area contributed by atoms with E-state index in [0.717, 1.165) is 24.0 Å². The maximum absolute atomic E-state index is 12.2. The molecule has 1 aromatic rings. The van der Waals surface area contributed by atoms with E-state index in [-0.39, 0.29) is 6.09 Å². The van der Waals surface area contributed by atoms with E-state index in [0.29, 0.717) is 18.6 Å². The van der Waals surface area contributed by atoms with E-state index in [1.807, 2.05) is 26.8 Å². The van der Waals surface area contributed by atoms with Crippen molar-refractivity contribution in [1.29, 1.82) is 0 Å². The third kappa shape index (κ3) is 4.22. The summed E-state index contributed by atoms with van der Waals surface area (Å²) in [6.07, 6.45) is 1.41. The first-order valence-corrected chi connectivity index (χ1v) is 7.22. The number of aryl methyl sites for hydroxylation is 1. The monoisotopic (exact) mass is 291 g/mol. The predicted molar refractivity (Wildman–Crippen MR) is 81.2 cm³/mol. The van der Waals surface area contributed by atoms with Crippen molar-refractivity contribution in [3.63, 3.8) is 0 Å². The fourth-order valence-electron chi connectivity index (χ4n) is 2.42. The zero-order valence-electron chi connectivity index (χ0n) is 12.8. The van der Waals surface area contributed by atoms with Gasteiger partial charge in [0.25, 0.3) is 0 Å². The Hall–Kier alpha value is -1.53. The molecule has 5 nitrogen and oxygen atoms in total.